The summed E-state index contributed by atoms with van der Waals surface area (Å²) in [6.07, 6.45) is 1.39. The maximum absolute atomic E-state index is 13.2. The van der Waals surface area contributed by atoms with Gasteiger partial charge in [-0.25, -0.2) is 4.39 Å². The van der Waals surface area contributed by atoms with Crippen LogP contribution in [0.5, 0.6) is 0 Å². The first-order chi connectivity index (χ1) is 5.66. The van der Waals surface area contributed by atoms with Crippen molar-refractivity contribution < 1.29 is 4.39 Å². The van der Waals surface area contributed by atoms with E-state index >= 15 is 0 Å². The fourth-order valence-electron chi connectivity index (χ4n) is 0.721. The minimum Gasteiger partial charge on any atom is -0.323 e. The summed E-state index contributed by atoms with van der Waals surface area (Å²) in [6.45, 7) is 0. The van der Waals surface area contributed by atoms with Crippen molar-refractivity contribution in [3.8, 4) is 0 Å². The van der Waals surface area contributed by atoms with Crippen molar-refractivity contribution in [2.24, 2.45) is 10.9 Å². The molecular weight excluding hydrogens is 338 g/mol. The Kier molecular flexibility index (Phi) is 3.45. The molecule has 0 saturated carbocycles. The fourth-order valence-corrected chi connectivity index (χ4v) is 1.99. The summed E-state index contributed by atoms with van der Waals surface area (Å²) in [5, 5.41) is 3.31. The topological polar surface area (TPSA) is 38.4 Å². The number of halogens is 3. The first kappa shape index (κ1) is 9.91. The van der Waals surface area contributed by atoms with Crippen LogP contribution in [0.15, 0.2) is 21.7 Å². The lowest BCUT2D eigenvalue weighted by Gasteiger charge is -2.00. The average molecular weight is 343 g/mol. The molecule has 0 aliphatic heterocycles. The van der Waals surface area contributed by atoms with Gasteiger partial charge in [0.25, 0.3) is 0 Å². The van der Waals surface area contributed by atoms with Crippen LogP contribution in [0, 0.1) is 9.39 Å². The van der Waals surface area contributed by atoms with E-state index in [4.69, 9.17) is 5.84 Å². The van der Waals surface area contributed by atoms with Crippen LogP contribution in [-0.2, 0) is 0 Å². The van der Waals surface area contributed by atoms with Gasteiger partial charge in [0.2, 0.25) is 0 Å². The van der Waals surface area contributed by atoms with Crippen LogP contribution in [0.4, 0.5) is 4.39 Å². The van der Waals surface area contributed by atoms with Crippen LogP contribution in [0.25, 0.3) is 0 Å². The number of nitrogens with two attached hydrogens (primary N) is 1. The molecule has 0 heterocycles. The second-order valence-electron chi connectivity index (χ2n) is 2.04. The van der Waals surface area contributed by atoms with Crippen molar-refractivity contribution in [2.45, 2.75) is 0 Å². The molecule has 64 valence electrons. The molecule has 0 fully saturated rings. The van der Waals surface area contributed by atoms with E-state index in [-0.39, 0.29) is 5.82 Å². The molecule has 0 spiro atoms. The molecule has 0 unspecified atom stereocenters. The largest absolute Gasteiger partial charge is 0.323 e. The lowest BCUT2D eigenvalue weighted by molar-refractivity contribution is 0.613. The Balaban J connectivity index is 3.26. The summed E-state index contributed by atoms with van der Waals surface area (Å²) in [5.41, 5.74) is 0.635. The van der Waals surface area contributed by atoms with Crippen LogP contribution in [-0.4, -0.2) is 6.21 Å². The van der Waals surface area contributed by atoms with Gasteiger partial charge in [-0.2, -0.15) is 5.10 Å². The molecule has 1 aromatic carbocycles. The molecule has 12 heavy (non-hydrogen) atoms. The first-order valence-corrected chi connectivity index (χ1v) is 4.90. The molecule has 1 rings (SSSR count). The lowest BCUT2D eigenvalue weighted by Crippen LogP contribution is -1.92. The van der Waals surface area contributed by atoms with Gasteiger partial charge in [-0.05, 0) is 44.6 Å². The minimum atomic E-state index is -0.284. The average Bonchev–Trinajstić information content (AvgIpc) is 2.07. The SMILES string of the molecule is NN=Cc1ccc(I)c(F)c1Br. The van der Waals surface area contributed by atoms with Gasteiger partial charge in [0.1, 0.15) is 0 Å². The molecule has 0 aliphatic carbocycles. The van der Waals surface area contributed by atoms with Gasteiger partial charge in [0.15, 0.2) is 5.82 Å². The molecule has 5 heteroatoms. The van der Waals surface area contributed by atoms with Crippen LogP contribution in [0.1, 0.15) is 5.56 Å². The Morgan fingerprint density at radius 1 is 1.58 bits per heavy atom. The molecular formula is C7H5BrFIN2. The third-order valence-electron chi connectivity index (χ3n) is 1.28. The second kappa shape index (κ2) is 4.18. The zero-order chi connectivity index (χ0) is 9.14. The summed E-state index contributed by atoms with van der Waals surface area (Å²) >= 11 is 5.02. The normalized spacial score (nSPS) is 10.9. The standard InChI is InChI=1S/C7H5BrFIN2/c8-6-4(3-12-11)1-2-5(10)7(6)9/h1-3H,11H2. The highest BCUT2D eigenvalue weighted by molar-refractivity contribution is 14.1. The van der Waals surface area contributed by atoms with Crippen molar-refractivity contribution in [1.82, 2.24) is 0 Å². The summed E-state index contributed by atoms with van der Waals surface area (Å²) in [7, 11) is 0. The number of hydrazone groups is 1. The van der Waals surface area contributed by atoms with Crippen LogP contribution in [0.2, 0.25) is 0 Å². The highest BCUT2D eigenvalue weighted by Crippen LogP contribution is 2.23. The van der Waals surface area contributed by atoms with Gasteiger partial charge in [0, 0.05) is 9.13 Å². The summed E-state index contributed by atoms with van der Waals surface area (Å²) in [4.78, 5) is 0. The van der Waals surface area contributed by atoms with Crippen molar-refractivity contribution >= 4 is 44.7 Å². The van der Waals surface area contributed by atoms with E-state index in [2.05, 4.69) is 21.0 Å². The third-order valence-corrected chi connectivity index (χ3v) is 2.92. The predicted octanol–water partition coefficient (Wildman–Crippen LogP) is 2.49. The smallest absolute Gasteiger partial charge is 0.151 e. The molecule has 0 bridgehead atoms. The molecule has 2 nitrogen and oxygen atoms in total. The van der Waals surface area contributed by atoms with Gasteiger partial charge < -0.3 is 5.84 Å². The van der Waals surface area contributed by atoms with E-state index in [1.807, 2.05) is 22.6 Å². The highest BCUT2D eigenvalue weighted by Gasteiger charge is 2.07. The maximum atomic E-state index is 13.2. The molecule has 0 aliphatic rings. The number of hydrogen-bond acceptors (Lipinski definition) is 2. The van der Waals surface area contributed by atoms with Crippen LogP contribution in [0.3, 0.4) is 0 Å². The maximum Gasteiger partial charge on any atom is 0.151 e. The molecule has 2 N–H and O–H groups in total. The van der Waals surface area contributed by atoms with E-state index < -0.39 is 0 Å². The minimum absolute atomic E-state index is 0.284. The van der Waals surface area contributed by atoms with E-state index in [1.54, 1.807) is 12.1 Å². The zero-order valence-corrected chi connectivity index (χ0v) is 9.63. The Morgan fingerprint density at radius 3 is 2.83 bits per heavy atom. The number of rotatable bonds is 1. The summed E-state index contributed by atoms with van der Waals surface area (Å²) in [6, 6.07) is 3.41. The van der Waals surface area contributed by atoms with Crippen LogP contribution < -0.4 is 5.84 Å². The van der Waals surface area contributed by atoms with Crippen molar-refractivity contribution in [1.29, 1.82) is 0 Å². The Bertz CT molecular complexity index is 327. The summed E-state index contributed by atoms with van der Waals surface area (Å²) < 4.78 is 14.1. The fraction of sp³-hybridized carbons (Fsp3) is 0. The van der Waals surface area contributed by atoms with Crippen molar-refractivity contribution in [2.75, 3.05) is 0 Å². The molecule has 1 aromatic rings. The van der Waals surface area contributed by atoms with Crippen molar-refractivity contribution in [3.05, 3.63) is 31.6 Å². The number of nitrogens with zero attached hydrogens (tertiary/aromatic N) is 1. The Labute approximate surface area is 91.3 Å². The number of hydrogen-bond donors (Lipinski definition) is 1. The molecule has 0 aromatic heterocycles. The van der Waals surface area contributed by atoms with Crippen molar-refractivity contribution in [3.63, 3.8) is 0 Å². The summed E-state index contributed by atoms with van der Waals surface area (Å²) in [5.74, 6) is 4.66. The van der Waals surface area contributed by atoms with Crippen LogP contribution >= 0.6 is 38.5 Å². The Hall–Kier alpha value is -0.170. The second-order valence-corrected chi connectivity index (χ2v) is 4.00. The first-order valence-electron chi connectivity index (χ1n) is 3.03. The van der Waals surface area contributed by atoms with E-state index in [0.29, 0.717) is 13.6 Å². The molecule has 0 radical (unpaired) electrons. The van der Waals surface area contributed by atoms with Gasteiger partial charge in [-0.1, -0.05) is 6.07 Å². The number of benzene rings is 1. The Morgan fingerprint density at radius 2 is 2.25 bits per heavy atom. The van der Waals surface area contributed by atoms with Gasteiger partial charge in [0.05, 0.1) is 10.7 Å². The lowest BCUT2D eigenvalue weighted by atomic mass is 10.2. The quantitative estimate of drug-likeness (QED) is 0.275. The third kappa shape index (κ3) is 1.95. The van der Waals surface area contributed by atoms with Gasteiger partial charge >= 0.3 is 0 Å². The molecule has 0 atom stereocenters. The highest BCUT2D eigenvalue weighted by atomic mass is 127. The van der Waals surface area contributed by atoms with Gasteiger partial charge in [-0.3, -0.25) is 0 Å². The van der Waals surface area contributed by atoms with E-state index in [0.717, 1.165) is 0 Å². The predicted molar refractivity (Wildman–Crippen MR) is 58.6 cm³/mol. The zero-order valence-electron chi connectivity index (χ0n) is 5.89. The molecule has 0 amide bonds. The van der Waals surface area contributed by atoms with E-state index in [1.165, 1.54) is 6.21 Å². The monoisotopic (exact) mass is 342 g/mol. The molecule has 0 saturated heterocycles. The van der Waals surface area contributed by atoms with E-state index in [9.17, 15) is 4.39 Å². The van der Waals surface area contributed by atoms with Gasteiger partial charge in [-0.15, -0.1) is 0 Å².